The fourth-order valence-corrected chi connectivity index (χ4v) is 2.84. The fourth-order valence-electron chi connectivity index (χ4n) is 2.84. The number of ether oxygens (including phenoxy) is 2. The van der Waals surface area contributed by atoms with Crippen LogP contribution in [-0.2, 0) is 4.79 Å². The zero-order chi connectivity index (χ0) is 19.3. The van der Waals surface area contributed by atoms with Gasteiger partial charge in [0.15, 0.2) is 11.5 Å². The van der Waals surface area contributed by atoms with E-state index in [0.717, 1.165) is 0 Å². The molecular weight excluding hydrogens is 356 g/mol. The van der Waals surface area contributed by atoms with Crippen molar-refractivity contribution in [2.24, 2.45) is 0 Å². The fraction of sp³-hybridized carbons (Fsp3) is 0.0909. The van der Waals surface area contributed by atoms with Crippen LogP contribution >= 0.6 is 0 Å². The van der Waals surface area contributed by atoms with Crippen molar-refractivity contribution in [3.05, 3.63) is 84.4 Å². The third-order valence-corrected chi connectivity index (χ3v) is 4.22. The van der Waals surface area contributed by atoms with Crippen molar-refractivity contribution < 1.29 is 19.1 Å². The summed E-state index contributed by atoms with van der Waals surface area (Å²) in [7, 11) is 0. The molecule has 3 aromatic rings. The normalized spacial score (nSPS) is 14.8. The highest BCUT2D eigenvalue weighted by molar-refractivity contribution is 6.04. The van der Waals surface area contributed by atoms with Crippen molar-refractivity contribution in [3.63, 3.8) is 0 Å². The molecule has 1 heterocycles. The number of carbonyl (C=O) groups is 2. The molecule has 1 aliphatic rings. The van der Waals surface area contributed by atoms with E-state index in [9.17, 15) is 9.59 Å². The van der Waals surface area contributed by atoms with Crippen molar-refractivity contribution >= 4 is 23.2 Å². The molecule has 0 fully saturated rings. The minimum atomic E-state index is -0.752. The number of benzene rings is 3. The van der Waals surface area contributed by atoms with Gasteiger partial charge in [-0.05, 0) is 42.5 Å². The van der Waals surface area contributed by atoms with E-state index in [1.807, 2.05) is 18.2 Å². The van der Waals surface area contributed by atoms with Gasteiger partial charge in [-0.15, -0.1) is 0 Å². The first-order valence-corrected chi connectivity index (χ1v) is 8.85. The van der Waals surface area contributed by atoms with Crippen LogP contribution in [0.5, 0.6) is 11.5 Å². The molecule has 1 aliphatic heterocycles. The maximum Gasteiger partial charge on any atom is 0.269 e. The number of rotatable bonds is 4. The van der Waals surface area contributed by atoms with Crippen LogP contribution in [0.4, 0.5) is 11.4 Å². The lowest BCUT2D eigenvalue weighted by Gasteiger charge is -2.25. The summed E-state index contributed by atoms with van der Waals surface area (Å²) in [5, 5.41) is 5.62. The molecule has 140 valence electrons. The second kappa shape index (κ2) is 7.84. The molecule has 0 unspecified atom stereocenters. The molecule has 0 saturated heterocycles. The summed E-state index contributed by atoms with van der Waals surface area (Å²) in [5.41, 5.74) is 1.69. The number of fused-ring (bicyclic) bond motifs is 1. The van der Waals surface area contributed by atoms with Gasteiger partial charge in [-0.1, -0.05) is 36.4 Å². The second-order valence-electron chi connectivity index (χ2n) is 6.25. The lowest BCUT2D eigenvalue weighted by molar-refractivity contribution is -0.125. The zero-order valence-corrected chi connectivity index (χ0v) is 14.9. The molecule has 0 bridgehead atoms. The quantitative estimate of drug-likeness (QED) is 0.730. The van der Waals surface area contributed by atoms with Crippen LogP contribution in [0, 0.1) is 0 Å². The van der Waals surface area contributed by atoms with Gasteiger partial charge >= 0.3 is 0 Å². The van der Waals surface area contributed by atoms with Gasteiger partial charge in [0.2, 0.25) is 6.10 Å². The van der Waals surface area contributed by atoms with Crippen LogP contribution in [-0.4, -0.2) is 24.5 Å². The summed E-state index contributed by atoms with van der Waals surface area (Å²) in [6.45, 7) is 0.132. The molecule has 0 aliphatic carbocycles. The number of para-hydroxylation sites is 2. The Bertz CT molecular complexity index is 1000. The van der Waals surface area contributed by atoms with Crippen LogP contribution in [0.3, 0.4) is 0 Å². The Labute approximate surface area is 162 Å². The van der Waals surface area contributed by atoms with Crippen LogP contribution in [0.1, 0.15) is 10.4 Å². The predicted octanol–water partition coefficient (Wildman–Crippen LogP) is 3.72. The maximum atomic E-state index is 12.5. The second-order valence-corrected chi connectivity index (χ2v) is 6.25. The average Bonchev–Trinajstić information content (AvgIpc) is 2.74. The predicted molar refractivity (Wildman–Crippen MR) is 106 cm³/mol. The Hall–Kier alpha value is -3.80. The molecule has 0 aromatic heterocycles. The van der Waals surface area contributed by atoms with Crippen molar-refractivity contribution in [3.8, 4) is 11.5 Å². The Morgan fingerprint density at radius 3 is 2.25 bits per heavy atom. The summed E-state index contributed by atoms with van der Waals surface area (Å²) in [6, 6.07) is 23.1. The third-order valence-electron chi connectivity index (χ3n) is 4.22. The SMILES string of the molecule is O=C(Nc1cccc(NC(=O)[C@H]2COc3ccccc3O2)c1)c1ccccc1. The smallest absolute Gasteiger partial charge is 0.269 e. The lowest BCUT2D eigenvalue weighted by Crippen LogP contribution is -2.40. The molecule has 2 N–H and O–H groups in total. The summed E-state index contributed by atoms with van der Waals surface area (Å²) in [5.74, 6) is 0.626. The van der Waals surface area contributed by atoms with Gasteiger partial charge in [0.1, 0.15) is 6.61 Å². The molecule has 4 rings (SSSR count). The topological polar surface area (TPSA) is 76.7 Å². The summed E-state index contributed by atoms with van der Waals surface area (Å²) < 4.78 is 11.3. The van der Waals surface area contributed by atoms with Crippen LogP contribution in [0.2, 0.25) is 0 Å². The zero-order valence-electron chi connectivity index (χ0n) is 14.9. The van der Waals surface area contributed by atoms with E-state index in [4.69, 9.17) is 9.47 Å². The molecule has 0 saturated carbocycles. The lowest BCUT2D eigenvalue weighted by atomic mass is 10.2. The Balaban J connectivity index is 1.41. The first-order chi connectivity index (χ1) is 13.7. The van der Waals surface area contributed by atoms with Gasteiger partial charge in [-0.3, -0.25) is 9.59 Å². The largest absolute Gasteiger partial charge is 0.485 e. The molecule has 3 aromatic carbocycles. The molecule has 28 heavy (non-hydrogen) atoms. The number of hydrogen-bond donors (Lipinski definition) is 2. The van der Waals surface area contributed by atoms with E-state index in [1.165, 1.54) is 0 Å². The minimum Gasteiger partial charge on any atom is -0.485 e. The minimum absolute atomic E-state index is 0.132. The maximum absolute atomic E-state index is 12.5. The Kier molecular flexibility index (Phi) is 4.93. The summed E-state index contributed by atoms with van der Waals surface area (Å²) >= 11 is 0. The first-order valence-electron chi connectivity index (χ1n) is 8.85. The van der Waals surface area contributed by atoms with Crippen LogP contribution < -0.4 is 20.1 Å². The number of anilines is 2. The first kappa shape index (κ1) is 17.6. The average molecular weight is 374 g/mol. The third kappa shape index (κ3) is 3.96. The van der Waals surface area contributed by atoms with E-state index >= 15 is 0 Å². The van der Waals surface area contributed by atoms with Gasteiger partial charge < -0.3 is 20.1 Å². The van der Waals surface area contributed by atoms with Crippen LogP contribution in [0.15, 0.2) is 78.9 Å². The van der Waals surface area contributed by atoms with E-state index < -0.39 is 6.10 Å². The van der Waals surface area contributed by atoms with Crippen LogP contribution in [0.25, 0.3) is 0 Å². The van der Waals surface area contributed by atoms with E-state index in [1.54, 1.807) is 60.7 Å². The number of carbonyl (C=O) groups excluding carboxylic acids is 2. The van der Waals surface area contributed by atoms with Gasteiger partial charge in [0.05, 0.1) is 0 Å². The van der Waals surface area contributed by atoms with Crippen molar-refractivity contribution in [1.82, 2.24) is 0 Å². The Morgan fingerprint density at radius 2 is 1.46 bits per heavy atom. The number of amides is 2. The van der Waals surface area contributed by atoms with E-state index in [0.29, 0.717) is 28.4 Å². The van der Waals surface area contributed by atoms with Gasteiger partial charge in [-0.25, -0.2) is 0 Å². The number of hydrogen-bond acceptors (Lipinski definition) is 4. The monoisotopic (exact) mass is 374 g/mol. The van der Waals surface area contributed by atoms with E-state index in [-0.39, 0.29) is 18.4 Å². The van der Waals surface area contributed by atoms with Gasteiger partial charge in [0, 0.05) is 16.9 Å². The van der Waals surface area contributed by atoms with Gasteiger partial charge in [-0.2, -0.15) is 0 Å². The standard InChI is InChI=1S/C22H18N2O4/c25-21(15-7-2-1-3-8-15)23-16-9-6-10-17(13-16)24-22(26)20-14-27-18-11-4-5-12-19(18)28-20/h1-13,20H,14H2,(H,23,25)(H,24,26)/t20-/m1/s1. The van der Waals surface area contributed by atoms with E-state index in [2.05, 4.69) is 10.6 Å². The highest BCUT2D eigenvalue weighted by atomic mass is 16.6. The summed E-state index contributed by atoms with van der Waals surface area (Å²) in [4.78, 5) is 24.8. The Morgan fingerprint density at radius 1 is 0.786 bits per heavy atom. The molecule has 2 amide bonds. The molecular formula is C22H18N2O4. The molecule has 0 radical (unpaired) electrons. The molecule has 6 heteroatoms. The van der Waals surface area contributed by atoms with Crippen molar-refractivity contribution in [1.29, 1.82) is 0 Å². The van der Waals surface area contributed by atoms with Crippen molar-refractivity contribution in [2.45, 2.75) is 6.10 Å². The summed E-state index contributed by atoms with van der Waals surface area (Å²) in [6.07, 6.45) is -0.752. The van der Waals surface area contributed by atoms with Crippen molar-refractivity contribution in [2.75, 3.05) is 17.2 Å². The highest BCUT2D eigenvalue weighted by Crippen LogP contribution is 2.31. The highest BCUT2D eigenvalue weighted by Gasteiger charge is 2.27. The molecule has 1 atom stereocenters. The number of nitrogens with one attached hydrogen (secondary N) is 2. The molecule has 0 spiro atoms. The van der Waals surface area contributed by atoms with Gasteiger partial charge in [0.25, 0.3) is 11.8 Å². The molecule has 6 nitrogen and oxygen atoms in total.